The first-order chi connectivity index (χ1) is 37.2. The molecule has 0 amide bonds. The number of anilines is 3. The summed E-state index contributed by atoms with van der Waals surface area (Å²) < 4.78 is 117. The van der Waals surface area contributed by atoms with E-state index in [0.29, 0.717) is 27.6 Å². The molecule has 0 radical (unpaired) electrons. The molecule has 1 heteroatoms. The standard InChI is InChI=1S/C64H43N/c1-2-14-51(15-3-1)64-59-19-9-6-13-48(59)34-41-60(64)49-30-37-56(38-31-49)65(57-39-32-50(33-40-57)63-43-54-17-7-8-18-58(54)61-20-10-11-21-62(61)63)55-35-28-46(29-36-55)45-22-24-47(25-23-45)53-27-26-44-12-4-5-16-52(44)42-53/h1-43H/i28D,29D,30D,31D,32D,33D,35D,36D,37D,38D,39D,40D. The fraction of sp³-hybridized carbons (Fsp3) is 0. The van der Waals surface area contributed by atoms with Crippen LogP contribution in [0.5, 0.6) is 0 Å². The Bertz CT molecular complexity index is 4340. The Kier molecular flexibility index (Phi) is 6.91. The van der Waals surface area contributed by atoms with Gasteiger partial charge in [-0.25, -0.2) is 0 Å². The summed E-state index contributed by atoms with van der Waals surface area (Å²) in [7, 11) is 0. The van der Waals surface area contributed by atoms with Gasteiger partial charge in [-0.2, -0.15) is 0 Å². The maximum atomic E-state index is 9.88. The first kappa shape index (κ1) is 27.5. The van der Waals surface area contributed by atoms with Crippen LogP contribution in [0.2, 0.25) is 0 Å². The summed E-state index contributed by atoms with van der Waals surface area (Å²) in [5, 5.41) is 7.01. The zero-order chi connectivity index (χ0) is 53.6. The summed E-state index contributed by atoms with van der Waals surface area (Å²) in [6, 6.07) is 51.6. The van der Waals surface area contributed by atoms with Crippen LogP contribution >= 0.6 is 0 Å². The van der Waals surface area contributed by atoms with E-state index in [1.54, 1.807) is 18.2 Å². The summed E-state index contributed by atoms with van der Waals surface area (Å²) in [5.74, 6) is 0. The minimum absolute atomic E-state index is 0.0488. The van der Waals surface area contributed by atoms with Crippen molar-refractivity contribution in [3.8, 4) is 55.6 Å². The predicted octanol–water partition coefficient (Wildman–Crippen LogP) is 18.1. The molecular weight excluding hydrogens is 783 g/mol. The molecule has 12 aromatic rings. The van der Waals surface area contributed by atoms with Crippen LogP contribution in [0.3, 0.4) is 0 Å². The summed E-state index contributed by atoms with van der Waals surface area (Å²) in [4.78, 5) is 0.874. The third kappa shape index (κ3) is 7.10. The normalized spacial score (nSPS) is 14.0. The lowest BCUT2D eigenvalue weighted by molar-refractivity contribution is 1.28. The number of benzene rings is 12. The van der Waals surface area contributed by atoms with E-state index in [4.69, 9.17) is 0 Å². The second kappa shape index (κ2) is 16.3. The molecule has 12 rings (SSSR count). The molecule has 12 aromatic carbocycles. The molecule has 0 atom stereocenters. The molecule has 1 nitrogen and oxygen atoms in total. The molecule has 0 aliphatic heterocycles. The van der Waals surface area contributed by atoms with Crippen LogP contribution < -0.4 is 4.90 Å². The van der Waals surface area contributed by atoms with Crippen molar-refractivity contribution >= 4 is 60.2 Å². The topological polar surface area (TPSA) is 3.24 Å². The summed E-state index contributed by atoms with van der Waals surface area (Å²) in [6.45, 7) is 0. The summed E-state index contributed by atoms with van der Waals surface area (Å²) in [6.07, 6.45) is 0. The second-order valence-electron chi connectivity index (χ2n) is 15.9. The lowest BCUT2D eigenvalue weighted by Gasteiger charge is -2.26. The van der Waals surface area contributed by atoms with Gasteiger partial charge in [0.05, 0.1) is 16.4 Å². The monoisotopic (exact) mass is 837 g/mol. The Balaban J connectivity index is 1.10. The third-order valence-corrected chi connectivity index (χ3v) is 12.1. The van der Waals surface area contributed by atoms with E-state index >= 15 is 0 Å². The van der Waals surface area contributed by atoms with Crippen molar-refractivity contribution in [3.63, 3.8) is 0 Å². The fourth-order valence-corrected chi connectivity index (χ4v) is 8.86. The molecule has 0 heterocycles. The molecule has 0 aromatic heterocycles. The number of fused-ring (bicyclic) bond motifs is 5. The van der Waals surface area contributed by atoms with Gasteiger partial charge < -0.3 is 4.90 Å². The molecule has 0 saturated heterocycles. The van der Waals surface area contributed by atoms with Gasteiger partial charge in [-0.1, -0.05) is 212 Å². The van der Waals surface area contributed by atoms with E-state index in [0.717, 1.165) is 59.3 Å². The van der Waals surface area contributed by atoms with E-state index < -0.39 is 89.6 Å². The molecular formula is C64H43N. The highest BCUT2D eigenvalue weighted by Gasteiger charge is 2.17. The molecule has 0 saturated carbocycles. The van der Waals surface area contributed by atoms with Crippen LogP contribution in [0, 0.1) is 0 Å². The van der Waals surface area contributed by atoms with Gasteiger partial charge >= 0.3 is 0 Å². The highest BCUT2D eigenvalue weighted by molar-refractivity contribution is 6.14. The smallest absolute Gasteiger partial charge is 0.0645 e. The maximum absolute atomic E-state index is 9.88. The zero-order valence-corrected chi connectivity index (χ0v) is 34.8. The minimum atomic E-state index is -0.681. The first-order valence-electron chi connectivity index (χ1n) is 27.4. The number of nitrogens with zero attached hydrogens (tertiary/aromatic N) is 1. The Morgan fingerprint density at radius 3 is 1.37 bits per heavy atom. The fourth-order valence-electron chi connectivity index (χ4n) is 8.86. The quantitative estimate of drug-likeness (QED) is 0.138. The SMILES string of the molecule is [2H]c1c([2H])c(N(c2c([2H])c([2H])c(-c3ccc4ccccc4c3-c3ccccc3)c([2H])c2[2H])c2c([2H])c([2H])c(-c3cc4ccccc4c4ccccc34)c([2H])c2[2H])c([2H])c([2H])c1-c1ccc(-c2ccc3ccccc3c2)cc1. The van der Waals surface area contributed by atoms with Crippen molar-refractivity contribution in [3.05, 3.63) is 261 Å². The molecule has 65 heavy (non-hydrogen) atoms. The average Bonchev–Trinajstić information content (AvgIpc) is 3.53. The molecule has 0 N–H and O–H groups in total. The van der Waals surface area contributed by atoms with Gasteiger partial charge in [-0.05, 0) is 147 Å². The average molecular weight is 838 g/mol. The summed E-state index contributed by atoms with van der Waals surface area (Å²) >= 11 is 0. The van der Waals surface area contributed by atoms with Gasteiger partial charge in [0.25, 0.3) is 0 Å². The van der Waals surface area contributed by atoms with Crippen LogP contribution in [0.1, 0.15) is 16.4 Å². The van der Waals surface area contributed by atoms with Crippen molar-refractivity contribution < 1.29 is 16.4 Å². The predicted molar refractivity (Wildman–Crippen MR) is 278 cm³/mol. The van der Waals surface area contributed by atoms with Gasteiger partial charge in [-0.15, -0.1) is 0 Å². The van der Waals surface area contributed by atoms with Crippen LogP contribution in [0.25, 0.3) is 98.7 Å². The van der Waals surface area contributed by atoms with E-state index in [-0.39, 0.29) is 16.7 Å². The Morgan fingerprint density at radius 2 is 0.708 bits per heavy atom. The zero-order valence-electron chi connectivity index (χ0n) is 46.8. The van der Waals surface area contributed by atoms with E-state index in [1.807, 2.05) is 164 Å². The van der Waals surface area contributed by atoms with Crippen LogP contribution in [-0.4, -0.2) is 0 Å². The molecule has 0 unspecified atom stereocenters. The number of hydrogen-bond acceptors (Lipinski definition) is 1. The highest BCUT2D eigenvalue weighted by Crippen LogP contribution is 2.42. The van der Waals surface area contributed by atoms with Gasteiger partial charge in [-0.3, -0.25) is 0 Å². The molecule has 304 valence electrons. The van der Waals surface area contributed by atoms with Gasteiger partial charge in [0.1, 0.15) is 0 Å². The Labute approximate surface area is 396 Å². The highest BCUT2D eigenvalue weighted by atomic mass is 15.1. The van der Waals surface area contributed by atoms with Gasteiger partial charge in [0, 0.05) is 17.1 Å². The lowest BCUT2D eigenvalue weighted by Crippen LogP contribution is -2.09. The van der Waals surface area contributed by atoms with E-state index in [9.17, 15) is 16.4 Å². The Hall–Kier alpha value is -8.52. The molecule has 0 spiro atoms. The van der Waals surface area contributed by atoms with Crippen LogP contribution in [0.15, 0.2) is 261 Å². The van der Waals surface area contributed by atoms with Crippen molar-refractivity contribution in [2.45, 2.75) is 0 Å². The Morgan fingerprint density at radius 1 is 0.246 bits per heavy atom. The van der Waals surface area contributed by atoms with Crippen molar-refractivity contribution in [1.29, 1.82) is 0 Å². The third-order valence-electron chi connectivity index (χ3n) is 12.1. The second-order valence-corrected chi connectivity index (χ2v) is 15.9. The molecule has 0 bridgehead atoms. The number of rotatable bonds is 8. The van der Waals surface area contributed by atoms with Gasteiger partial charge in [0.2, 0.25) is 0 Å². The summed E-state index contributed by atoms with van der Waals surface area (Å²) in [5.41, 5.74) is 2.42. The van der Waals surface area contributed by atoms with E-state index in [1.165, 1.54) is 0 Å². The first-order valence-corrected chi connectivity index (χ1v) is 21.4. The van der Waals surface area contributed by atoms with Crippen LogP contribution in [-0.2, 0) is 0 Å². The molecule has 0 aliphatic rings. The molecule has 0 aliphatic carbocycles. The maximum Gasteiger partial charge on any atom is 0.0645 e. The van der Waals surface area contributed by atoms with Crippen LogP contribution in [0.4, 0.5) is 17.1 Å². The minimum Gasteiger partial charge on any atom is -0.311 e. The molecule has 0 fully saturated rings. The lowest BCUT2D eigenvalue weighted by atomic mass is 9.90. The van der Waals surface area contributed by atoms with E-state index in [2.05, 4.69) is 6.07 Å². The van der Waals surface area contributed by atoms with Crippen molar-refractivity contribution in [1.82, 2.24) is 0 Å². The van der Waals surface area contributed by atoms with Gasteiger partial charge in [0.15, 0.2) is 0 Å². The number of hydrogen-bond donors (Lipinski definition) is 0. The van der Waals surface area contributed by atoms with Crippen molar-refractivity contribution in [2.75, 3.05) is 4.90 Å². The largest absolute Gasteiger partial charge is 0.311 e. The van der Waals surface area contributed by atoms with Crippen molar-refractivity contribution in [2.24, 2.45) is 0 Å².